The van der Waals surface area contributed by atoms with E-state index < -0.39 is 10.0 Å². The highest BCUT2D eigenvalue weighted by Crippen LogP contribution is 2.21. The van der Waals surface area contributed by atoms with Crippen LogP contribution in [-0.4, -0.2) is 46.0 Å². The smallest absolute Gasteiger partial charge is 0.240 e. The summed E-state index contributed by atoms with van der Waals surface area (Å²) in [6, 6.07) is 4.76. The van der Waals surface area contributed by atoms with Crippen LogP contribution in [0.25, 0.3) is 0 Å². The largest absolute Gasteiger partial charge is 0.496 e. The quantitative estimate of drug-likeness (QED) is 0.766. The molecule has 122 valence electrons. The molecule has 1 aliphatic rings. The van der Waals surface area contributed by atoms with Gasteiger partial charge in [-0.1, -0.05) is 0 Å². The van der Waals surface area contributed by atoms with Crippen LogP contribution < -0.4 is 9.46 Å². The maximum atomic E-state index is 12.2. The Morgan fingerprint density at radius 2 is 2.14 bits per heavy atom. The highest BCUT2D eigenvalue weighted by molar-refractivity contribution is 7.89. The van der Waals surface area contributed by atoms with Gasteiger partial charge in [0.05, 0.1) is 12.0 Å². The van der Waals surface area contributed by atoms with E-state index in [-0.39, 0.29) is 10.8 Å². The predicted octanol–water partition coefficient (Wildman–Crippen LogP) is 1.29. The van der Waals surface area contributed by atoms with Crippen LogP contribution in [-0.2, 0) is 14.8 Å². The van der Waals surface area contributed by atoms with Gasteiger partial charge in [0, 0.05) is 26.1 Å². The van der Waals surface area contributed by atoms with Crippen LogP contribution in [0.2, 0.25) is 0 Å². The lowest BCUT2D eigenvalue weighted by molar-refractivity contribution is -0.127. The molecule has 1 N–H and O–H groups in total. The Labute approximate surface area is 131 Å². The van der Waals surface area contributed by atoms with Crippen LogP contribution in [0.4, 0.5) is 0 Å². The molecular formula is C15H22N2O4S. The Morgan fingerprint density at radius 3 is 2.73 bits per heavy atom. The van der Waals surface area contributed by atoms with Gasteiger partial charge in [-0.25, -0.2) is 13.1 Å². The molecule has 1 saturated heterocycles. The number of likely N-dealkylation sites (tertiary alicyclic amines) is 1. The number of amides is 1. The molecule has 0 spiro atoms. The number of methoxy groups -OCH3 is 1. The first-order chi connectivity index (χ1) is 10.4. The molecule has 22 heavy (non-hydrogen) atoms. The molecule has 0 saturated carbocycles. The molecule has 0 atom stereocenters. The number of hydrogen-bond acceptors (Lipinski definition) is 4. The number of hydrogen-bond donors (Lipinski definition) is 1. The molecule has 0 aliphatic carbocycles. The van der Waals surface area contributed by atoms with Crippen LogP contribution in [0.1, 0.15) is 24.8 Å². The molecule has 0 aromatic heterocycles. The van der Waals surface area contributed by atoms with Gasteiger partial charge in [0.2, 0.25) is 15.9 Å². The van der Waals surface area contributed by atoms with Crippen molar-refractivity contribution in [2.45, 2.75) is 31.1 Å². The monoisotopic (exact) mass is 326 g/mol. The van der Waals surface area contributed by atoms with E-state index in [1.165, 1.54) is 6.07 Å². The topological polar surface area (TPSA) is 75.7 Å². The second-order valence-corrected chi connectivity index (χ2v) is 7.13. The Kier molecular flexibility index (Phi) is 5.42. The molecular weight excluding hydrogens is 304 g/mol. The molecule has 7 heteroatoms. The first-order valence-electron chi connectivity index (χ1n) is 7.36. The van der Waals surface area contributed by atoms with E-state index in [9.17, 15) is 13.2 Å². The van der Waals surface area contributed by atoms with Crippen LogP contribution >= 0.6 is 0 Å². The summed E-state index contributed by atoms with van der Waals surface area (Å²) in [7, 11) is -1.98. The fraction of sp³-hybridized carbons (Fsp3) is 0.533. The second kappa shape index (κ2) is 7.11. The molecule has 1 fully saturated rings. The Morgan fingerprint density at radius 1 is 1.36 bits per heavy atom. The van der Waals surface area contributed by atoms with E-state index in [1.807, 2.05) is 0 Å². The van der Waals surface area contributed by atoms with Gasteiger partial charge in [0.1, 0.15) is 5.75 Å². The van der Waals surface area contributed by atoms with E-state index >= 15 is 0 Å². The van der Waals surface area contributed by atoms with E-state index in [2.05, 4.69) is 4.72 Å². The number of ether oxygens (including phenoxy) is 1. The number of carbonyl (C=O) groups is 1. The molecule has 1 aromatic rings. The summed E-state index contributed by atoms with van der Waals surface area (Å²) < 4.78 is 32.1. The molecule has 2 rings (SSSR count). The molecule has 1 heterocycles. The minimum atomic E-state index is -3.53. The van der Waals surface area contributed by atoms with Gasteiger partial charge >= 0.3 is 0 Å². The number of rotatable bonds is 7. The third-order valence-corrected chi connectivity index (χ3v) is 5.20. The minimum absolute atomic E-state index is 0.161. The lowest BCUT2D eigenvalue weighted by Crippen LogP contribution is -2.30. The summed E-state index contributed by atoms with van der Waals surface area (Å²) >= 11 is 0. The van der Waals surface area contributed by atoms with Gasteiger partial charge in [-0.2, -0.15) is 0 Å². The van der Waals surface area contributed by atoms with E-state index in [1.54, 1.807) is 31.1 Å². The van der Waals surface area contributed by atoms with Crippen molar-refractivity contribution in [3.8, 4) is 5.75 Å². The van der Waals surface area contributed by atoms with Gasteiger partial charge < -0.3 is 9.64 Å². The Hall–Kier alpha value is -1.60. The Bertz CT molecular complexity index is 643. The van der Waals surface area contributed by atoms with Crippen molar-refractivity contribution in [3.63, 3.8) is 0 Å². The second-order valence-electron chi connectivity index (χ2n) is 5.37. The zero-order chi connectivity index (χ0) is 16.2. The van der Waals surface area contributed by atoms with E-state index in [0.717, 1.165) is 18.5 Å². The van der Waals surface area contributed by atoms with Crippen LogP contribution in [0.15, 0.2) is 23.1 Å². The highest BCUT2D eigenvalue weighted by Gasteiger charge is 2.20. The summed E-state index contributed by atoms with van der Waals surface area (Å²) in [5.74, 6) is 0.820. The van der Waals surface area contributed by atoms with Crippen molar-refractivity contribution >= 4 is 15.9 Å². The Balaban J connectivity index is 1.88. The van der Waals surface area contributed by atoms with Crippen molar-refractivity contribution in [2.75, 3.05) is 26.7 Å². The fourth-order valence-electron chi connectivity index (χ4n) is 2.52. The van der Waals surface area contributed by atoms with Crippen molar-refractivity contribution in [3.05, 3.63) is 23.8 Å². The average molecular weight is 326 g/mol. The van der Waals surface area contributed by atoms with Crippen LogP contribution in [0, 0.1) is 6.92 Å². The van der Waals surface area contributed by atoms with E-state index in [4.69, 9.17) is 4.74 Å². The van der Waals surface area contributed by atoms with Gasteiger partial charge in [-0.15, -0.1) is 0 Å². The summed E-state index contributed by atoms with van der Waals surface area (Å²) in [6.45, 7) is 3.50. The minimum Gasteiger partial charge on any atom is -0.496 e. The molecule has 0 radical (unpaired) electrons. The normalized spacial score (nSPS) is 15.4. The molecule has 0 bridgehead atoms. The standard InChI is InChI=1S/C15H22N2O4S/c1-12-11-13(6-7-14(12)21-2)22(19,20)16-8-4-10-17-9-3-5-15(17)18/h6-7,11,16H,3-5,8-10H2,1-2H3. The number of nitrogens with zero attached hydrogens (tertiary/aromatic N) is 1. The SMILES string of the molecule is COc1ccc(S(=O)(=O)NCCCN2CCCC2=O)cc1C. The van der Waals surface area contributed by atoms with Gasteiger partial charge in [0.15, 0.2) is 0 Å². The zero-order valence-electron chi connectivity index (χ0n) is 13.0. The third kappa shape index (κ3) is 3.98. The summed E-state index contributed by atoms with van der Waals surface area (Å²) in [6.07, 6.45) is 2.12. The van der Waals surface area contributed by atoms with E-state index in [0.29, 0.717) is 31.7 Å². The molecule has 1 amide bonds. The van der Waals surface area contributed by atoms with Crippen LogP contribution in [0.3, 0.4) is 0 Å². The summed E-state index contributed by atoms with van der Waals surface area (Å²) in [5.41, 5.74) is 0.771. The van der Waals surface area contributed by atoms with Crippen molar-refractivity contribution < 1.29 is 17.9 Å². The number of benzene rings is 1. The molecule has 1 aliphatic heterocycles. The van der Waals surface area contributed by atoms with Gasteiger partial charge in [-0.3, -0.25) is 4.79 Å². The maximum absolute atomic E-state index is 12.2. The lowest BCUT2D eigenvalue weighted by Gasteiger charge is -2.15. The first kappa shape index (κ1) is 16.8. The first-order valence-corrected chi connectivity index (χ1v) is 8.84. The third-order valence-electron chi connectivity index (χ3n) is 3.74. The van der Waals surface area contributed by atoms with Crippen molar-refractivity contribution in [1.29, 1.82) is 0 Å². The van der Waals surface area contributed by atoms with Crippen molar-refractivity contribution in [1.82, 2.24) is 9.62 Å². The fourth-order valence-corrected chi connectivity index (χ4v) is 3.68. The average Bonchev–Trinajstić information content (AvgIpc) is 2.89. The number of carbonyl (C=O) groups excluding carboxylic acids is 1. The number of sulfonamides is 1. The molecule has 1 aromatic carbocycles. The number of nitrogens with one attached hydrogen (secondary N) is 1. The summed E-state index contributed by atoms with van der Waals surface area (Å²) in [5, 5.41) is 0. The predicted molar refractivity (Wildman–Crippen MR) is 83.4 cm³/mol. The maximum Gasteiger partial charge on any atom is 0.240 e. The highest BCUT2D eigenvalue weighted by atomic mass is 32.2. The van der Waals surface area contributed by atoms with Crippen molar-refractivity contribution in [2.24, 2.45) is 0 Å². The van der Waals surface area contributed by atoms with Gasteiger partial charge in [0.25, 0.3) is 0 Å². The molecule has 6 nitrogen and oxygen atoms in total. The zero-order valence-corrected chi connectivity index (χ0v) is 13.8. The number of aryl methyl sites for hydroxylation is 1. The lowest BCUT2D eigenvalue weighted by atomic mass is 10.2. The molecule has 0 unspecified atom stereocenters. The van der Waals surface area contributed by atoms with Crippen LogP contribution in [0.5, 0.6) is 5.75 Å². The summed E-state index contributed by atoms with van der Waals surface area (Å²) in [4.78, 5) is 13.5. The van der Waals surface area contributed by atoms with Gasteiger partial charge in [-0.05, 0) is 43.5 Å².